The van der Waals surface area contributed by atoms with Crippen molar-refractivity contribution in [3.05, 3.63) is 28.0 Å². The minimum Gasteiger partial charge on any atom is -0.461 e. The molecule has 0 fully saturated rings. The van der Waals surface area contributed by atoms with Crippen molar-refractivity contribution >= 4 is 21.9 Å². The molecule has 0 saturated heterocycles. The summed E-state index contributed by atoms with van der Waals surface area (Å²) in [6.07, 6.45) is -1.66. The van der Waals surface area contributed by atoms with Gasteiger partial charge in [0.1, 0.15) is 5.69 Å². The molecule has 0 aromatic carbocycles. The van der Waals surface area contributed by atoms with Gasteiger partial charge in [-0.05, 0) is 13.0 Å². The third-order valence-corrected chi connectivity index (χ3v) is 2.29. The van der Waals surface area contributed by atoms with E-state index in [1.165, 1.54) is 6.07 Å². The van der Waals surface area contributed by atoms with Crippen molar-refractivity contribution in [1.29, 1.82) is 0 Å². The van der Waals surface area contributed by atoms with E-state index in [1.54, 1.807) is 6.92 Å². The lowest BCUT2D eigenvalue weighted by molar-refractivity contribution is 0.0518. The first-order valence-electron chi connectivity index (χ1n) is 4.17. The molecule has 0 amide bonds. The van der Waals surface area contributed by atoms with E-state index in [0.717, 1.165) is 6.20 Å². The predicted molar refractivity (Wildman–Crippen MR) is 52.9 cm³/mol. The zero-order valence-electron chi connectivity index (χ0n) is 7.84. The van der Waals surface area contributed by atoms with Gasteiger partial charge in [0.05, 0.1) is 12.2 Å². The zero-order chi connectivity index (χ0) is 11.4. The van der Waals surface area contributed by atoms with Gasteiger partial charge in [0.2, 0.25) is 0 Å². The van der Waals surface area contributed by atoms with Crippen molar-refractivity contribution in [2.24, 2.45) is 0 Å². The second-order valence-electron chi connectivity index (χ2n) is 2.61. The monoisotopic (exact) mass is 279 g/mol. The largest absolute Gasteiger partial charge is 0.461 e. The Bertz CT molecular complexity index is 371. The van der Waals surface area contributed by atoms with E-state index < -0.39 is 12.4 Å². The zero-order valence-corrected chi connectivity index (χ0v) is 9.42. The molecule has 82 valence electrons. The third kappa shape index (κ3) is 2.95. The Morgan fingerprint density at radius 3 is 2.80 bits per heavy atom. The van der Waals surface area contributed by atoms with E-state index in [-0.39, 0.29) is 22.3 Å². The number of carbonyl (C=O) groups is 1. The Hall–Kier alpha value is -1.04. The van der Waals surface area contributed by atoms with E-state index in [4.69, 9.17) is 0 Å². The Balaban J connectivity index is 2.96. The molecule has 3 nitrogen and oxygen atoms in total. The topological polar surface area (TPSA) is 39.2 Å². The quantitative estimate of drug-likeness (QED) is 0.799. The number of aromatic nitrogens is 1. The van der Waals surface area contributed by atoms with Crippen LogP contribution in [-0.4, -0.2) is 17.6 Å². The van der Waals surface area contributed by atoms with Gasteiger partial charge >= 0.3 is 5.97 Å². The van der Waals surface area contributed by atoms with Crippen LogP contribution in [-0.2, 0) is 4.74 Å². The summed E-state index contributed by atoms with van der Waals surface area (Å²) in [5.74, 6) is -0.626. The maximum atomic E-state index is 12.3. The molecule has 0 unspecified atom stereocenters. The highest BCUT2D eigenvalue weighted by Crippen LogP contribution is 2.26. The highest BCUT2D eigenvalue weighted by atomic mass is 79.9. The maximum Gasteiger partial charge on any atom is 0.356 e. The number of esters is 1. The Morgan fingerprint density at radius 1 is 1.67 bits per heavy atom. The molecule has 0 N–H and O–H groups in total. The normalized spacial score (nSPS) is 10.5. The number of halogens is 3. The number of hydrogen-bond acceptors (Lipinski definition) is 3. The number of nitrogens with zero attached hydrogens (tertiary/aromatic N) is 1. The summed E-state index contributed by atoms with van der Waals surface area (Å²) in [6, 6.07) is 1.22. The van der Waals surface area contributed by atoms with Crippen molar-refractivity contribution in [3.63, 3.8) is 0 Å². The van der Waals surface area contributed by atoms with Gasteiger partial charge in [0.25, 0.3) is 6.43 Å². The third-order valence-electron chi connectivity index (χ3n) is 1.60. The molecular weight excluding hydrogens is 272 g/mol. The van der Waals surface area contributed by atoms with Crippen LogP contribution in [0.25, 0.3) is 0 Å². The lowest BCUT2D eigenvalue weighted by atomic mass is 10.2. The molecule has 0 atom stereocenters. The van der Waals surface area contributed by atoms with E-state index in [0.29, 0.717) is 0 Å². The van der Waals surface area contributed by atoms with Crippen LogP contribution in [0.1, 0.15) is 29.4 Å². The van der Waals surface area contributed by atoms with Gasteiger partial charge in [-0.2, -0.15) is 0 Å². The van der Waals surface area contributed by atoms with Crippen LogP contribution in [0.2, 0.25) is 0 Å². The van der Waals surface area contributed by atoms with Gasteiger partial charge in [0.15, 0.2) is 0 Å². The van der Waals surface area contributed by atoms with Crippen LogP contribution in [0.5, 0.6) is 0 Å². The first-order chi connectivity index (χ1) is 7.06. The lowest BCUT2D eigenvalue weighted by Crippen LogP contribution is -2.07. The summed E-state index contributed by atoms with van der Waals surface area (Å²) >= 11 is 2.94. The van der Waals surface area contributed by atoms with Gasteiger partial charge in [-0.15, -0.1) is 0 Å². The highest BCUT2D eigenvalue weighted by molar-refractivity contribution is 9.10. The van der Waals surface area contributed by atoms with E-state index >= 15 is 0 Å². The summed E-state index contributed by atoms with van der Waals surface area (Å²) in [6.45, 7) is 1.87. The second kappa shape index (κ2) is 5.16. The maximum absolute atomic E-state index is 12.3. The molecule has 1 aromatic heterocycles. The molecule has 6 heteroatoms. The first-order valence-corrected chi connectivity index (χ1v) is 4.96. The fraction of sp³-hybridized carbons (Fsp3) is 0.333. The van der Waals surface area contributed by atoms with Crippen molar-refractivity contribution in [3.8, 4) is 0 Å². The summed E-state index contributed by atoms with van der Waals surface area (Å²) in [5, 5.41) is 0. The van der Waals surface area contributed by atoms with E-state index in [1.807, 2.05) is 0 Å². The van der Waals surface area contributed by atoms with Crippen LogP contribution in [0.15, 0.2) is 16.7 Å². The number of ether oxygens (including phenoxy) is 1. The molecule has 0 saturated carbocycles. The van der Waals surface area contributed by atoms with Crippen LogP contribution in [0, 0.1) is 0 Å². The van der Waals surface area contributed by atoms with Gasteiger partial charge in [-0.1, -0.05) is 15.9 Å². The van der Waals surface area contributed by atoms with Gasteiger partial charge in [-0.25, -0.2) is 18.6 Å². The second-order valence-corrected chi connectivity index (χ2v) is 3.47. The minimum absolute atomic E-state index is 0.00752. The number of carbonyl (C=O) groups excluding carboxylic acids is 1. The van der Waals surface area contributed by atoms with Gasteiger partial charge in [0, 0.05) is 10.7 Å². The smallest absolute Gasteiger partial charge is 0.356 e. The molecule has 0 aliphatic rings. The number of hydrogen-bond donors (Lipinski definition) is 0. The molecule has 0 radical (unpaired) electrons. The molecule has 0 aliphatic heterocycles. The van der Waals surface area contributed by atoms with Crippen LogP contribution >= 0.6 is 15.9 Å². The molecule has 15 heavy (non-hydrogen) atoms. The van der Waals surface area contributed by atoms with E-state index in [9.17, 15) is 13.6 Å². The highest BCUT2D eigenvalue weighted by Gasteiger charge is 2.15. The van der Waals surface area contributed by atoms with Gasteiger partial charge in [-0.3, -0.25) is 0 Å². The average Bonchev–Trinajstić information content (AvgIpc) is 2.17. The standard InChI is InChI=1S/C9H8BrF2NO2/c1-2-15-9(14)7-3-6(10)5(4-13-7)8(11)12/h3-4,8H,2H2,1H3. The molecule has 0 aliphatic carbocycles. The number of alkyl halides is 2. The summed E-state index contributed by atoms with van der Waals surface area (Å²) in [4.78, 5) is 14.8. The molecular formula is C9H8BrF2NO2. The molecule has 1 aromatic rings. The number of rotatable bonds is 3. The predicted octanol–water partition coefficient (Wildman–Crippen LogP) is 2.96. The van der Waals surface area contributed by atoms with Gasteiger partial charge < -0.3 is 4.74 Å². The van der Waals surface area contributed by atoms with Crippen molar-refractivity contribution in [2.75, 3.05) is 6.61 Å². The van der Waals surface area contributed by atoms with Crippen molar-refractivity contribution in [2.45, 2.75) is 13.3 Å². The fourth-order valence-electron chi connectivity index (χ4n) is 0.919. The molecule has 0 bridgehead atoms. The Labute approximate surface area is 93.6 Å². The summed E-state index contributed by atoms with van der Waals surface area (Å²) < 4.78 is 29.5. The van der Waals surface area contributed by atoms with E-state index in [2.05, 4.69) is 25.7 Å². The SMILES string of the molecule is CCOC(=O)c1cc(Br)c(C(F)F)cn1. The molecule has 0 spiro atoms. The van der Waals surface area contributed by atoms with Crippen LogP contribution in [0.3, 0.4) is 0 Å². The van der Waals surface area contributed by atoms with Crippen molar-refractivity contribution in [1.82, 2.24) is 4.98 Å². The minimum atomic E-state index is -2.62. The van der Waals surface area contributed by atoms with Crippen molar-refractivity contribution < 1.29 is 18.3 Å². The van der Waals surface area contributed by atoms with Crippen LogP contribution < -0.4 is 0 Å². The summed E-state index contributed by atoms with van der Waals surface area (Å²) in [7, 11) is 0. The Kier molecular flexibility index (Phi) is 4.14. The summed E-state index contributed by atoms with van der Waals surface area (Å²) in [5.41, 5.74) is -0.240. The molecule has 1 rings (SSSR count). The lowest BCUT2D eigenvalue weighted by Gasteiger charge is -2.05. The average molecular weight is 280 g/mol. The van der Waals surface area contributed by atoms with Crippen LogP contribution in [0.4, 0.5) is 8.78 Å². The Morgan fingerprint density at radius 2 is 2.33 bits per heavy atom. The first kappa shape index (κ1) is 12.0. The number of pyridine rings is 1. The fourth-order valence-corrected chi connectivity index (χ4v) is 1.41. The molecule has 1 heterocycles.